The lowest BCUT2D eigenvalue weighted by molar-refractivity contribution is -0.163. The summed E-state index contributed by atoms with van der Waals surface area (Å²) in [5, 5.41) is 1.03. The number of aromatic nitrogens is 1. The molecule has 5 heteroatoms. The van der Waals surface area contributed by atoms with Crippen LogP contribution in [0, 0.1) is 5.92 Å². The van der Waals surface area contributed by atoms with Crippen LogP contribution in [0.15, 0.2) is 30.5 Å². The standard InChI is InChI=1S/C23H34N2O3/c1-3-4-5-6-7-8-9-12-17(2)22(26)28-23(27)20(24)15-18-16-25-21-14-11-10-13-19(18)21/h10-11,13-14,16-17,20,25H,3-9,12,15,24H2,1-2H3/t17?,20-/m0/s1. The van der Waals surface area contributed by atoms with Crippen molar-refractivity contribution >= 4 is 22.8 Å². The molecule has 3 N–H and O–H groups in total. The molecule has 0 saturated carbocycles. The van der Waals surface area contributed by atoms with E-state index in [4.69, 9.17) is 10.5 Å². The number of carbonyl (C=O) groups is 2. The van der Waals surface area contributed by atoms with Crippen molar-refractivity contribution in [2.24, 2.45) is 11.7 Å². The number of fused-ring (bicyclic) bond motifs is 1. The molecule has 0 spiro atoms. The largest absolute Gasteiger partial charge is 0.392 e. The second-order valence-corrected chi connectivity index (χ2v) is 7.72. The fourth-order valence-electron chi connectivity index (χ4n) is 3.42. The van der Waals surface area contributed by atoms with Gasteiger partial charge in [-0.25, -0.2) is 4.79 Å². The summed E-state index contributed by atoms with van der Waals surface area (Å²) >= 11 is 0. The van der Waals surface area contributed by atoms with Crippen molar-refractivity contribution in [1.29, 1.82) is 0 Å². The van der Waals surface area contributed by atoms with E-state index < -0.39 is 18.0 Å². The van der Waals surface area contributed by atoms with Crippen molar-refractivity contribution in [3.8, 4) is 0 Å². The molecule has 5 nitrogen and oxygen atoms in total. The zero-order valence-electron chi connectivity index (χ0n) is 17.2. The van der Waals surface area contributed by atoms with Gasteiger partial charge in [-0.15, -0.1) is 0 Å². The molecule has 0 saturated heterocycles. The first-order valence-corrected chi connectivity index (χ1v) is 10.6. The lowest BCUT2D eigenvalue weighted by Gasteiger charge is -2.13. The summed E-state index contributed by atoms with van der Waals surface area (Å²) in [5.41, 5.74) is 7.93. The Morgan fingerprint density at radius 2 is 1.71 bits per heavy atom. The van der Waals surface area contributed by atoms with E-state index in [1.165, 1.54) is 32.1 Å². The molecule has 0 bridgehead atoms. The molecule has 0 aliphatic rings. The number of carbonyl (C=O) groups excluding carboxylic acids is 2. The van der Waals surface area contributed by atoms with Crippen molar-refractivity contribution in [1.82, 2.24) is 4.98 Å². The van der Waals surface area contributed by atoms with Gasteiger partial charge >= 0.3 is 11.9 Å². The molecule has 1 heterocycles. The van der Waals surface area contributed by atoms with E-state index in [2.05, 4.69) is 11.9 Å². The third-order valence-corrected chi connectivity index (χ3v) is 5.26. The van der Waals surface area contributed by atoms with Gasteiger partial charge in [0.2, 0.25) is 0 Å². The lowest BCUT2D eigenvalue weighted by Crippen LogP contribution is -2.36. The Labute approximate surface area is 168 Å². The van der Waals surface area contributed by atoms with Crippen molar-refractivity contribution in [3.63, 3.8) is 0 Å². The first-order valence-electron chi connectivity index (χ1n) is 10.6. The average molecular weight is 387 g/mol. The molecule has 0 radical (unpaired) electrons. The van der Waals surface area contributed by atoms with Crippen LogP contribution in [0.4, 0.5) is 0 Å². The van der Waals surface area contributed by atoms with Crippen molar-refractivity contribution in [2.45, 2.75) is 77.7 Å². The van der Waals surface area contributed by atoms with Gasteiger partial charge in [0.05, 0.1) is 5.92 Å². The number of unbranched alkanes of at least 4 members (excludes halogenated alkanes) is 6. The minimum atomic E-state index is -0.853. The number of hydrogen-bond donors (Lipinski definition) is 2. The monoisotopic (exact) mass is 386 g/mol. The second kappa shape index (κ2) is 11.6. The molecule has 0 aliphatic carbocycles. The average Bonchev–Trinajstić information content (AvgIpc) is 3.10. The summed E-state index contributed by atoms with van der Waals surface area (Å²) in [5.74, 6) is -1.40. The van der Waals surface area contributed by atoms with Gasteiger partial charge in [-0.3, -0.25) is 4.79 Å². The summed E-state index contributed by atoms with van der Waals surface area (Å²) in [6.45, 7) is 4.03. The first-order chi connectivity index (χ1) is 13.5. The number of aromatic amines is 1. The number of nitrogens with one attached hydrogen (secondary N) is 1. The highest BCUT2D eigenvalue weighted by molar-refractivity contribution is 5.90. The number of benzene rings is 1. The number of H-pyrrole nitrogens is 1. The van der Waals surface area contributed by atoms with Gasteiger partial charge in [-0.1, -0.05) is 77.0 Å². The zero-order chi connectivity index (χ0) is 20.4. The Balaban J connectivity index is 1.71. The summed E-state index contributed by atoms with van der Waals surface area (Å²) in [6.07, 6.45) is 11.3. The Kier molecular flexibility index (Phi) is 9.21. The third kappa shape index (κ3) is 6.79. The van der Waals surface area contributed by atoms with Crippen LogP contribution < -0.4 is 5.73 Å². The maximum absolute atomic E-state index is 12.2. The van der Waals surface area contributed by atoms with Crippen LogP contribution in [0.25, 0.3) is 10.9 Å². The highest BCUT2D eigenvalue weighted by atomic mass is 16.6. The molecule has 154 valence electrons. The minimum absolute atomic E-state index is 0.278. The van der Waals surface area contributed by atoms with E-state index in [0.717, 1.165) is 35.7 Å². The summed E-state index contributed by atoms with van der Waals surface area (Å²) in [7, 11) is 0. The van der Waals surface area contributed by atoms with Crippen molar-refractivity contribution in [2.75, 3.05) is 0 Å². The first kappa shape index (κ1) is 22.2. The topological polar surface area (TPSA) is 85.2 Å². The van der Waals surface area contributed by atoms with Gasteiger partial charge < -0.3 is 15.5 Å². The van der Waals surface area contributed by atoms with Gasteiger partial charge in [0.15, 0.2) is 0 Å². The molecule has 1 unspecified atom stereocenters. The molecule has 28 heavy (non-hydrogen) atoms. The zero-order valence-corrected chi connectivity index (χ0v) is 17.2. The number of ether oxygens (including phenoxy) is 1. The number of esters is 2. The SMILES string of the molecule is CCCCCCCCCC(C)C(=O)OC(=O)[C@@H](N)Cc1c[nH]c2ccccc12. The molecular formula is C23H34N2O3. The van der Waals surface area contributed by atoms with E-state index in [1.54, 1.807) is 0 Å². The van der Waals surface area contributed by atoms with Crippen LogP contribution in [0.3, 0.4) is 0 Å². The number of para-hydroxylation sites is 1. The van der Waals surface area contributed by atoms with Gasteiger partial charge in [0.25, 0.3) is 0 Å². The van der Waals surface area contributed by atoms with E-state index in [-0.39, 0.29) is 5.92 Å². The number of nitrogens with two attached hydrogens (primary N) is 1. The predicted octanol–water partition coefficient (Wildman–Crippen LogP) is 4.88. The number of rotatable bonds is 12. The molecule has 2 atom stereocenters. The Morgan fingerprint density at radius 3 is 2.46 bits per heavy atom. The van der Waals surface area contributed by atoms with E-state index in [0.29, 0.717) is 6.42 Å². The van der Waals surface area contributed by atoms with E-state index in [9.17, 15) is 9.59 Å². The molecule has 0 aliphatic heterocycles. The van der Waals surface area contributed by atoms with Crippen molar-refractivity contribution in [3.05, 3.63) is 36.0 Å². The fourth-order valence-corrected chi connectivity index (χ4v) is 3.42. The third-order valence-electron chi connectivity index (χ3n) is 5.26. The smallest absolute Gasteiger partial charge is 0.330 e. The maximum atomic E-state index is 12.2. The number of hydrogen-bond acceptors (Lipinski definition) is 4. The van der Waals surface area contributed by atoms with Gasteiger partial charge in [0, 0.05) is 23.5 Å². The van der Waals surface area contributed by atoms with Crippen LogP contribution in [0.1, 0.15) is 70.8 Å². The Morgan fingerprint density at radius 1 is 1.04 bits per heavy atom. The molecular weight excluding hydrogens is 352 g/mol. The molecule has 0 fully saturated rings. The highest BCUT2D eigenvalue weighted by Crippen LogP contribution is 2.19. The second-order valence-electron chi connectivity index (χ2n) is 7.72. The molecule has 2 aromatic rings. The van der Waals surface area contributed by atoms with Crippen molar-refractivity contribution < 1.29 is 14.3 Å². The Bertz CT molecular complexity index is 753. The normalized spacial score (nSPS) is 13.4. The summed E-state index contributed by atoms with van der Waals surface area (Å²) < 4.78 is 5.03. The molecule has 1 aromatic carbocycles. The van der Waals surface area contributed by atoms with E-state index in [1.807, 2.05) is 37.4 Å². The Hall–Kier alpha value is -2.14. The van der Waals surface area contributed by atoms with E-state index >= 15 is 0 Å². The minimum Gasteiger partial charge on any atom is -0.392 e. The van der Waals surface area contributed by atoms with Crippen LogP contribution in [-0.4, -0.2) is 23.0 Å². The quantitative estimate of drug-likeness (QED) is 0.309. The van der Waals surface area contributed by atoms with Gasteiger partial charge in [0.1, 0.15) is 6.04 Å². The summed E-state index contributed by atoms with van der Waals surface area (Å²) in [6, 6.07) is 6.99. The summed E-state index contributed by atoms with van der Waals surface area (Å²) in [4.78, 5) is 27.6. The van der Waals surface area contributed by atoms with Crippen LogP contribution in [-0.2, 0) is 20.7 Å². The molecule has 1 aromatic heterocycles. The fraction of sp³-hybridized carbons (Fsp3) is 0.565. The molecule has 2 rings (SSSR count). The predicted molar refractivity (Wildman–Crippen MR) is 113 cm³/mol. The lowest BCUT2D eigenvalue weighted by atomic mass is 10.0. The molecule has 0 amide bonds. The maximum Gasteiger partial charge on any atom is 0.330 e. The van der Waals surface area contributed by atoms with Crippen LogP contribution in [0.5, 0.6) is 0 Å². The van der Waals surface area contributed by atoms with Crippen LogP contribution >= 0.6 is 0 Å². The van der Waals surface area contributed by atoms with Crippen LogP contribution in [0.2, 0.25) is 0 Å². The highest BCUT2D eigenvalue weighted by Gasteiger charge is 2.23. The van der Waals surface area contributed by atoms with Gasteiger partial charge in [-0.05, 0) is 18.1 Å². The van der Waals surface area contributed by atoms with Gasteiger partial charge in [-0.2, -0.15) is 0 Å².